The number of aliphatic hydroxyl groups is 1. The molecule has 1 aliphatic heterocycles. The molecule has 0 bridgehead atoms. The monoisotopic (exact) mass is 352 g/mol. The number of carbonyl (C=O) groups excluding carboxylic acids is 1. The van der Waals surface area contributed by atoms with Crippen molar-refractivity contribution in [3.63, 3.8) is 0 Å². The fourth-order valence-electron chi connectivity index (χ4n) is 1.95. The van der Waals surface area contributed by atoms with E-state index in [9.17, 15) is 14.3 Å². The first-order valence-electron chi connectivity index (χ1n) is 5.70. The van der Waals surface area contributed by atoms with Crippen molar-refractivity contribution in [1.82, 2.24) is 10.6 Å². The van der Waals surface area contributed by atoms with Crippen molar-refractivity contribution in [2.75, 3.05) is 19.6 Å². The van der Waals surface area contributed by atoms with E-state index < -0.39 is 17.8 Å². The summed E-state index contributed by atoms with van der Waals surface area (Å²) in [6, 6.07) is 4.39. The third-order valence-corrected chi connectivity index (χ3v) is 3.68. The fourth-order valence-corrected chi connectivity index (χ4v) is 2.48. The Balaban J connectivity index is 0.00000180. The SMILES string of the molecule is Cl.O=C(NCC1CNCC1O)c1c(F)cccc1Br. The van der Waals surface area contributed by atoms with Gasteiger partial charge in [0.25, 0.3) is 5.91 Å². The lowest BCUT2D eigenvalue weighted by molar-refractivity contribution is 0.0922. The van der Waals surface area contributed by atoms with Crippen LogP contribution >= 0.6 is 28.3 Å². The largest absolute Gasteiger partial charge is 0.391 e. The zero-order valence-electron chi connectivity index (χ0n) is 10.0. The van der Waals surface area contributed by atoms with Gasteiger partial charge in [-0.3, -0.25) is 4.79 Å². The Morgan fingerprint density at radius 3 is 2.84 bits per heavy atom. The maximum atomic E-state index is 13.5. The van der Waals surface area contributed by atoms with Crippen LogP contribution in [0.5, 0.6) is 0 Å². The van der Waals surface area contributed by atoms with Gasteiger partial charge in [0.2, 0.25) is 0 Å². The van der Waals surface area contributed by atoms with Gasteiger partial charge in [-0.1, -0.05) is 6.07 Å². The smallest absolute Gasteiger partial charge is 0.255 e. The number of carbonyl (C=O) groups is 1. The van der Waals surface area contributed by atoms with Crippen LogP contribution < -0.4 is 10.6 Å². The third-order valence-electron chi connectivity index (χ3n) is 3.02. The predicted octanol–water partition coefficient (Wildman–Crippen LogP) is 1.32. The fraction of sp³-hybridized carbons (Fsp3) is 0.417. The second kappa shape index (κ2) is 7.19. The summed E-state index contributed by atoms with van der Waals surface area (Å²) in [4.78, 5) is 11.9. The minimum Gasteiger partial charge on any atom is -0.391 e. The van der Waals surface area contributed by atoms with Crippen molar-refractivity contribution in [3.8, 4) is 0 Å². The van der Waals surface area contributed by atoms with E-state index in [0.29, 0.717) is 24.1 Å². The number of hydrogen-bond donors (Lipinski definition) is 3. The van der Waals surface area contributed by atoms with Crippen molar-refractivity contribution in [2.24, 2.45) is 5.92 Å². The standard InChI is InChI=1S/C12H14BrFN2O2.ClH/c13-8-2-1-3-9(14)11(8)12(18)16-5-7-4-15-6-10(7)17;/h1-3,7,10,15,17H,4-6H2,(H,16,18);1H. The van der Waals surface area contributed by atoms with Crippen LogP contribution in [0.15, 0.2) is 22.7 Å². The Hall–Kier alpha value is -0.690. The molecule has 3 N–H and O–H groups in total. The molecular formula is C12H15BrClFN2O2. The van der Waals surface area contributed by atoms with Gasteiger partial charge in [0, 0.05) is 30.0 Å². The Labute approximate surface area is 125 Å². The molecule has 1 aliphatic rings. The van der Waals surface area contributed by atoms with Gasteiger partial charge in [0.05, 0.1) is 11.7 Å². The summed E-state index contributed by atoms with van der Waals surface area (Å²) in [6.07, 6.45) is -0.464. The Bertz CT molecular complexity index is 441. The average Bonchev–Trinajstić information content (AvgIpc) is 2.72. The van der Waals surface area contributed by atoms with Gasteiger partial charge in [-0.25, -0.2) is 4.39 Å². The zero-order valence-corrected chi connectivity index (χ0v) is 12.4. The summed E-state index contributed by atoms with van der Waals surface area (Å²) in [5.41, 5.74) is -0.00190. The number of amides is 1. The van der Waals surface area contributed by atoms with Gasteiger partial charge in [0.15, 0.2) is 0 Å². The van der Waals surface area contributed by atoms with Crippen molar-refractivity contribution >= 4 is 34.2 Å². The molecule has 0 spiro atoms. The van der Waals surface area contributed by atoms with Gasteiger partial charge in [-0.15, -0.1) is 12.4 Å². The molecule has 1 saturated heterocycles. The first kappa shape index (κ1) is 16.4. The summed E-state index contributed by atoms with van der Waals surface area (Å²) in [6.45, 7) is 1.51. The zero-order chi connectivity index (χ0) is 13.1. The highest BCUT2D eigenvalue weighted by molar-refractivity contribution is 9.10. The van der Waals surface area contributed by atoms with E-state index in [1.807, 2.05) is 0 Å². The minimum absolute atomic E-state index is 0. The maximum Gasteiger partial charge on any atom is 0.255 e. The molecule has 0 saturated carbocycles. The lowest BCUT2D eigenvalue weighted by Gasteiger charge is -2.14. The van der Waals surface area contributed by atoms with E-state index in [1.165, 1.54) is 12.1 Å². The molecule has 106 valence electrons. The van der Waals surface area contributed by atoms with Crippen LogP contribution in [0.2, 0.25) is 0 Å². The van der Waals surface area contributed by atoms with Crippen molar-refractivity contribution in [1.29, 1.82) is 0 Å². The molecule has 0 aliphatic carbocycles. The lowest BCUT2D eigenvalue weighted by atomic mass is 10.1. The number of halogens is 3. The Morgan fingerprint density at radius 1 is 1.53 bits per heavy atom. The molecule has 0 radical (unpaired) electrons. The van der Waals surface area contributed by atoms with Crippen LogP contribution in [-0.4, -0.2) is 36.8 Å². The first-order chi connectivity index (χ1) is 8.59. The quantitative estimate of drug-likeness (QED) is 0.768. The van der Waals surface area contributed by atoms with Crippen LogP contribution in [0.4, 0.5) is 4.39 Å². The molecule has 1 aromatic carbocycles. The number of rotatable bonds is 3. The van der Waals surface area contributed by atoms with E-state index >= 15 is 0 Å². The Kier molecular flexibility index (Phi) is 6.19. The number of aliphatic hydroxyl groups excluding tert-OH is 1. The molecule has 0 aromatic heterocycles. The third kappa shape index (κ3) is 3.89. The van der Waals surface area contributed by atoms with Gasteiger partial charge in [-0.05, 0) is 28.1 Å². The average molecular weight is 354 g/mol. The van der Waals surface area contributed by atoms with Crippen LogP contribution in [0, 0.1) is 11.7 Å². The molecule has 19 heavy (non-hydrogen) atoms. The number of benzene rings is 1. The number of β-amino-alcohol motifs (C(OH)–C–C–N with tert-alkyl or cyclic N) is 1. The van der Waals surface area contributed by atoms with Crippen LogP contribution in [0.25, 0.3) is 0 Å². The Morgan fingerprint density at radius 2 is 2.26 bits per heavy atom. The van der Waals surface area contributed by atoms with Crippen LogP contribution in [-0.2, 0) is 0 Å². The van der Waals surface area contributed by atoms with Crippen LogP contribution in [0.1, 0.15) is 10.4 Å². The molecule has 7 heteroatoms. The van der Waals surface area contributed by atoms with Gasteiger partial charge in [-0.2, -0.15) is 0 Å². The molecule has 1 fully saturated rings. The summed E-state index contributed by atoms with van der Waals surface area (Å²) in [5, 5.41) is 15.3. The van der Waals surface area contributed by atoms with E-state index in [4.69, 9.17) is 0 Å². The highest BCUT2D eigenvalue weighted by Crippen LogP contribution is 2.19. The van der Waals surface area contributed by atoms with Gasteiger partial charge in [0.1, 0.15) is 5.82 Å². The molecule has 2 atom stereocenters. The summed E-state index contributed by atoms with van der Waals surface area (Å²) in [7, 11) is 0. The number of nitrogens with one attached hydrogen (secondary N) is 2. The minimum atomic E-state index is -0.563. The second-order valence-corrected chi connectivity index (χ2v) is 5.15. The van der Waals surface area contributed by atoms with Crippen molar-refractivity contribution in [3.05, 3.63) is 34.1 Å². The van der Waals surface area contributed by atoms with E-state index in [0.717, 1.165) is 0 Å². The van der Waals surface area contributed by atoms with E-state index in [1.54, 1.807) is 6.07 Å². The number of hydrogen-bond acceptors (Lipinski definition) is 3. The van der Waals surface area contributed by atoms with E-state index in [2.05, 4.69) is 26.6 Å². The summed E-state index contributed by atoms with van der Waals surface area (Å²) >= 11 is 3.15. The maximum absolute atomic E-state index is 13.5. The lowest BCUT2D eigenvalue weighted by Crippen LogP contribution is -2.34. The molecule has 1 heterocycles. The van der Waals surface area contributed by atoms with Gasteiger partial charge >= 0.3 is 0 Å². The molecule has 1 amide bonds. The van der Waals surface area contributed by atoms with E-state index in [-0.39, 0.29) is 23.9 Å². The van der Waals surface area contributed by atoms with Crippen molar-refractivity contribution in [2.45, 2.75) is 6.10 Å². The first-order valence-corrected chi connectivity index (χ1v) is 6.50. The summed E-state index contributed by atoms with van der Waals surface area (Å²) in [5.74, 6) is -1.06. The van der Waals surface area contributed by atoms with Crippen LogP contribution in [0.3, 0.4) is 0 Å². The highest BCUT2D eigenvalue weighted by Gasteiger charge is 2.25. The summed E-state index contributed by atoms with van der Waals surface area (Å²) < 4.78 is 13.9. The molecule has 1 aromatic rings. The van der Waals surface area contributed by atoms with Gasteiger partial charge < -0.3 is 15.7 Å². The molecular weight excluding hydrogens is 338 g/mol. The molecule has 4 nitrogen and oxygen atoms in total. The molecule has 2 rings (SSSR count). The van der Waals surface area contributed by atoms with Crippen molar-refractivity contribution < 1.29 is 14.3 Å². The topological polar surface area (TPSA) is 61.4 Å². The normalized spacial score (nSPS) is 21.8. The second-order valence-electron chi connectivity index (χ2n) is 4.29. The predicted molar refractivity (Wildman–Crippen MR) is 76.0 cm³/mol. The molecule has 2 unspecified atom stereocenters. The highest BCUT2D eigenvalue weighted by atomic mass is 79.9.